The standard InChI is InChI=1S/C13H14N4OS/c1-8-15-13(19-17-8)14-7-6-10-9-4-2-3-5-11(9)16-12(10)18/h2-5,10H,6-7H2,1H3,(H,16,18)(H,14,15,17). The predicted molar refractivity (Wildman–Crippen MR) is 75.6 cm³/mol. The van der Waals surface area contributed by atoms with Crippen LogP contribution in [0.25, 0.3) is 0 Å². The molecule has 6 heteroatoms. The molecule has 2 aromatic rings. The van der Waals surface area contributed by atoms with Crippen molar-refractivity contribution in [1.29, 1.82) is 0 Å². The summed E-state index contributed by atoms with van der Waals surface area (Å²) in [7, 11) is 0. The summed E-state index contributed by atoms with van der Waals surface area (Å²) >= 11 is 1.35. The van der Waals surface area contributed by atoms with Gasteiger partial charge in [0.15, 0.2) is 0 Å². The van der Waals surface area contributed by atoms with Gasteiger partial charge in [-0.1, -0.05) is 18.2 Å². The van der Waals surface area contributed by atoms with E-state index in [1.807, 2.05) is 31.2 Å². The fourth-order valence-corrected chi connectivity index (χ4v) is 2.85. The number of para-hydroxylation sites is 1. The van der Waals surface area contributed by atoms with Crippen molar-refractivity contribution in [3.05, 3.63) is 35.7 Å². The van der Waals surface area contributed by atoms with Crippen LogP contribution in [-0.2, 0) is 4.79 Å². The van der Waals surface area contributed by atoms with Crippen LogP contribution in [0, 0.1) is 6.92 Å². The quantitative estimate of drug-likeness (QED) is 0.898. The van der Waals surface area contributed by atoms with E-state index < -0.39 is 0 Å². The van der Waals surface area contributed by atoms with Crippen molar-refractivity contribution < 1.29 is 4.79 Å². The first kappa shape index (κ1) is 12.1. The zero-order valence-corrected chi connectivity index (χ0v) is 11.3. The topological polar surface area (TPSA) is 66.9 Å². The maximum Gasteiger partial charge on any atom is 0.232 e. The Morgan fingerprint density at radius 2 is 2.26 bits per heavy atom. The van der Waals surface area contributed by atoms with Crippen molar-refractivity contribution in [1.82, 2.24) is 9.36 Å². The monoisotopic (exact) mass is 274 g/mol. The van der Waals surface area contributed by atoms with E-state index in [-0.39, 0.29) is 11.8 Å². The number of carbonyl (C=O) groups excluding carboxylic acids is 1. The zero-order chi connectivity index (χ0) is 13.2. The lowest BCUT2D eigenvalue weighted by Gasteiger charge is -2.08. The number of aromatic nitrogens is 2. The van der Waals surface area contributed by atoms with E-state index in [0.29, 0.717) is 6.54 Å². The molecule has 2 heterocycles. The Bertz CT molecular complexity index is 610. The molecule has 0 fully saturated rings. The Labute approximate surface area is 115 Å². The molecule has 98 valence electrons. The SMILES string of the molecule is Cc1nsc(NCCC2C(=O)Nc3ccccc32)n1. The molecule has 0 spiro atoms. The van der Waals surface area contributed by atoms with Gasteiger partial charge in [0, 0.05) is 23.8 Å². The molecule has 1 aromatic carbocycles. The van der Waals surface area contributed by atoms with E-state index in [2.05, 4.69) is 20.0 Å². The molecule has 5 nitrogen and oxygen atoms in total. The second-order valence-corrected chi connectivity index (χ2v) is 5.24. The van der Waals surface area contributed by atoms with Crippen LogP contribution >= 0.6 is 11.5 Å². The summed E-state index contributed by atoms with van der Waals surface area (Å²) in [5.41, 5.74) is 2.02. The molecule has 2 N–H and O–H groups in total. The van der Waals surface area contributed by atoms with Crippen LogP contribution in [0.2, 0.25) is 0 Å². The molecular formula is C13H14N4OS. The van der Waals surface area contributed by atoms with E-state index in [1.54, 1.807) is 0 Å². The third-order valence-corrected chi connectivity index (χ3v) is 3.91. The second kappa shape index (κ2) is 4.97. The highest BCUT2D eigenvalue weighted by Gasteiger charge is 2.29. The van der Waals surface area contributed by atoms with Gasteiger partial charge in [0.1, 0.15) is 5.82 Å². The molecule has 0 radical (unpaired) electrons. The number of benzene rings is 1. The molecule has 1 unspecified atom stereocenters. The van der Waals surface area contributed by atoms with E-state index in [0.717, 1.165) is 28.6 Å². The van der Waals surface area contributed by atoms with E-state index in [9.17, 15) is 4.79 Å². The first-order valence-electron chi connectivity index (χ1n) is 6.18. The van der Waals surface area contributed by atoms with Crippen molar-refractivity contribution in [3.63, 3.8) is 0 Å². The molecule has 1 aliphatic rings. The normalized spacial score (nSPS) is 17.1. The summed E-state index contributed by atoms with van der Waals surface area (Å²) in [5.74, 6) is 0.783. The minimum atomic E-state index is -0.0716. The largest absolute Gasteiger partial charge is 0.360 e. The number of aryl methyl sites for hydroxylation is 1. The maximum absolute atomic E-state index is 11.9. The van der Waals surface area contributed by atoms with Gasteiger partial charge < -0.3 is 10.6 Å². The smallest absolute Gasteiger partial charge is 0.232 e. The van der Waals surface area contributed by atoms with Crippen LogP contribution in [0.15, 0.2) is 24.3 Å². The van der Waals surface area contributed by atoms with Crippen molar-refractivity contribution in [2.45, 2.75) is 19.3 Å². The summed E-state index contributed by atoms with van der Waals surface area (Å²) in [6, 6.07) is 7.85. The molecule has 0 bridgehead atoms. The van der Waals surface area contributed by atoms with Gasteiger partial charge in [-0.3, -0.25) is 4.79 Å². The van der Waals surface area contributed by atoms with Crippen LogP contribution in [0.5, 0.6) is 0 Å². The predicted octanol–water partition coefficient (Wildman–Crippen LogP) is 2.38. The maximum atomic E-state index is 11.9. The van der Waals surface area contributed by atoms with Gasteiger partial charge in [-0.25, -0.2) is 4.98 Å². The first-order valence-corrected chi connectivity index (χ1v) is 6.95. The Morgan fingerprint density at radius 1 is 1.42 bits per heavy atom. The van der Waals surface area contributed by atoms with Gasteiger partial charge in [-0.15, -0.1) is 0 Å². The van der Waals surface area contributed by atoms with Gasteiger partial charge in [0.2, 0.25) is 11.0 Å². The Hall–Kier alpha value is -1.95. The lowest BCUT2D eigenvalue weighted by molar-refractivity contribution is -0.117. The van der Waals surface area contributed by atoms with E-state index in [4.69, 9.17) is 0 Å². The fourth-order valence-electron chi connectivity index (χ4n) is 2.25. The summed E-state index contributed by atoms with van der Waals surface area (Å²) in [6.07, 6.45) is 0.751. The zero-order valence-electron chi connectivity index (χ0n) is 10.5. The highest BCUT2D eigenvalue weighted by atomic mass is 32.1. The highest BCUT2D eigenvalue weighted by Crippen LogP contribution is 2.34. The lowest BCUT2D eigenvalue weighted by atomic mass is 9.97. The van der Waals surface area contributed by atoms with Gasteiger partial charge in [0.25, 0.3) is 0 Å². The summed E-state index contributed by atoms with van der Waals surface area (Å²) < 4.78 is 4.11. The number of hydrogen-bond donors (Lipinski definition) is 2. The number of rotatable bonds is 4. The number of nitrogens with one attached hydrogen (secondary N) is 2. The number of amides is 1. The average molecular weight is 274 g/mol. The summed E-state index contributed by atoms with van der Waals surface area (Å²) in [5, 5.41) is 6.93. The molecule has 1 aromatic heterocycles. The first-order chi connectivity index (χ1) is 9.24. The average Bonchev–Trinajstić information content (AvgIpc) is 2.94. The molecule has 1 aliphatic heterocycles. The molecule has 1 amide bonds. The molecule has 3 rings (SSSR count). The van der Waals surface area contributed by atoms with Crippen LogP contribution < -0.4 is 10.6 Å². The molecule has 0 saturated carbocycles. The van der Waals surface area contributed by atoms with Crippen molar-refractivity contribution >= 4 is 28.3 Å². The molecule has 1 atom stereocenters. The number of hydrogen-bond acceptors (Lipinski definition) is 5. The number of carbonyl (C=O) groups is 1. The van der Waals surface area contributed by atoms with Crippen LogP contribution in [0.4, 0.5) is 10.8 Å². The lowest BCUT2D eigenvalue weighted by Crippen LogP contribution is -2.15. The number of anilines is 2. The van der Waals surface area contributed by atoms with Crippen molar-refractivity contribution in [3.8, 4) is 0 Å². The fraction of sp³-hybridized carbons (Fsp3) is 0.308. The van der Waals surface area contributed by atoms with Gasteiger partial charge >= 0.3 is 0 Å². The Balaban J connectivity index is 1.63. The van der Waals surface area contributed by atoms with Crippen molar-refractivity contribution in [2.75, 3.05) is 17.2 Å². The molecule has 19 heavy (non-hydrogen) atoms. The molecular weight excluding hydrogens is 260 g/mol. The van der Waals surface area contributed by atoms with E-state index in [1.165, 1.54) is 11.5 Å². The van der Waals surface area contributed by atoms with Gasteiger partial charge in [-0.2, -0.15) is 4.37 Å². The second-order valence-electron chi connectivity index (χ2n) is 4.49. The number of nitrogens with zero attached hydrogens (tertiary/aromatic N) is 2. The highest BCUT2D eigenvalue weighted by molar-refractivity contribution is 7.09. The Kier molecular flexibility index (Phi) is 3.16. The molecule has 0 saturated heterocycles. The Morgan fingerprint density at radius 3 is 3.05 bits per heavy atom. The van der Waals surface area contributed by atoms with Crippen molar-refractivity contribution in [2.24, 2.45) is 0 Å². The minimum Gasteiger partial charge on any atom is -0.360 e. The van der Waals surface area contributed by atoms with E-state index >= 15 is 0 Å². The van der Waals surface area contributed by atoms with Crippen LogP contribution in [0.1, 0.15) is 23.7 Å². The summed E-state index contributed by atoms with van der Waals surface area (Å²) in [6.45, 7) is 2.57. The minimum absolute atomic E-state index is 0.0716. The third kappa shape index (κ3) is 2.44. The van der Waals surface area contributed by atoms with Gasteiger partial charge in [0.05, 0.1) is 5.92 Å². The summed E-state index contributed by atoms with van der Waals surface area (Å²) in [4.78, 5) is 16.1. The van der Waals surface area contributed by atoms with Crippen LogP contribution in [0.3, 0.4) is 0 Å². The number of fused-ring (bicyclic) bond motifs is 1. The molecule has 0 aliphatic carbocycles. The van der Waals surface area contributed by atoms with Gasteiger partial charge in [-0.05, 0) is 25.0 Å². The van der Waals surface area contributed by atoms with Crippen LogP contribution in [-0.4, -0.2) is 21.8 Å². The third-order valence-electron chi connectivity index (χ3n) is 3.15.